The van der Waals surface area contributed by atoms with Gasteiger partial charge in [0, 0.05) is 22.2 Å². The van der Waals surface area contributed by atoms with Gasteiger partial charge in [0.1, 0.15) is 0 Å². The molecule has 2 aromatic rings. The van der Waals surface area contributed by atoms with Crippen molar-refractivity contribution < 1.29 is 24.6 Å². The van der Waals surface area contributed by atoms with Gasteiger partial charge in [0.15, 0.2) is 5.96 Å². The Morgan fingerprint density at radius 2 is 2.03 bits per heavy atom. The first-order valence-electron chi connectivity index (χ1n) is 10.1. The molecule has 3 rings (SSSR count). The van der Waals surface area contributed by atoms with Gasteiger partial charge >= 0.3 is 5.97 Å². The molecule has 1 aromatic carbocycles. The number of hydrogen-bond acceptors (Lipinski definition) is 8. The van der Waals surface area contributed by atoms with Crippen LogP contribution in [-0.2, 0) is 9.59 Å². The average molecular weight is 554 g/mol. The minimum atomic E-state index is -1.10. The lowest BCUT2D eigenvalue weighted by molar-refractivity contribution is -0.137. The summed E-state index contributed by atoms with van der Waals surface area (Å²) in [6, 6.07) is 5.56. The first kappa shape index (κ1) is 25.4. The molecule has 6 N–H and O–H groups in total. The molecule has 1 aliphatic heterocycles. The van der Waals surface area contributed by atoms with E-state index in [0.717, 1.165) is 0 Å². The molecule has 0 saturated carbocycles. The summed E-state index contributed by atoms with van der Waals surface area (Å²) in [6.07, 6.45) is 1.93. The molecule has 34 heavy (non-hydrogen) atoms. The number of nitrogens with one attached hydrogen (secondary N) is 4. The molecule has 0 fully saturated rings. The van der Waals surface area contributed by atoms with Crippen molar-refractivity contribution in [1.29, 1.82) is 0 Å². The Morgan fingerprint density at radius 1 is 1.24 bits per heavy atom. The number of aliphatic hydroxyl groups excluding tert-OH is 1. The van der Waals surface area contributed by atoms with Crippen LogP contribution < -0.4 is 21.3 Å². The number of guanidine groups is 1. The molecule has 2 atom stereocenters. The molecule has 2 amide bonds. The molecule has 0 radical (unpaired) electrons. The van der Waals surface area contributed by atoms with Gasteiger partial charge in [0.05, 0.1) is 49.1 Å². The minimum absolute atomic E-state index is 0.204. The van der Waals surface area contributed by atoms with Crippen LogP contribution in [0.15, 0.2) is 46.1 Å². The molecule has 1 unspecified atom stereocenters. The van der Waals surface area contributed by atoms with E-state index in [2.05, 4.69) is 47.2 Å². The SMILES string of the molecule is O=C(O)C[C@H](NC(=O)CNC(=O)c1cncc(NC2=NCC(O)CN2)c1)c1cc(Cl)cc(Br)c1. The smallest absolute Gasteiger partial charge is 0.305 e. The van der Waals surface area contributed by atoms with Crippen molar-refractivity contribution in [1.82, 2.24) is 20.9 Å². The van der Waals surface area contributed by atoms with E-state index in [1.54, 1.807) is 18.2 Å². The van der Waals surface area contributed by atoms with Gasteiger partial charge in [-0.25, -0.2) is 0 Å². The summed E-state index contributed by atoms with van der Waals surface area (Å²) in [6.45, 7) is 0.233. The van der Waals surface area contributed by atoms with E-state index in [4.69, 9.17) is 11.6 Å². The lowest BCUT2D eigenvalue weighted by atomic mass is 10.0. The van der Waals surface area contributed by atoms with E-state index >= 15 is 0 Å². The minimum Gasteiger partial charge on any atom is -0.481 e. The van der Waals surface area contributed by atoms with Gasteiger partial charge < -0.3 is 31.5 Å². The zero-order chi connectivity index (χ0) is 24.7. The Labute approximate surface area is 208 Å². The number of β-amino-alcohol motifs (C(OH)–C–C–N with tert-alkyl or cyclic N) is 1. The molecular weight excluding hydrogens is 532 g/mol. The van der Waals surface area contributed by atoms with Gasteiger partial charge in [-0.3, -0.25) is 24.4 Å². The van der Waals surface area contributed by atoms with E-state index in [1.165, 1.54) is 18.5 Å². The molecule has 0 bridgehead atoms. The maximum absolute atomic E-state index is 12.5. The summed E-state index contributed by atoms with van der Waals surface area (Å²) in [5, 5.41) is 30.0. The lowest BCUT2D eigenvalue weighted by Crippen LogP contribution is -2.42. The summed E-state index contributed by atoms with van der Waals surface area (Å²) in [7, 11) is 0. The van der Waals surface area contributed by atoms with Gasteiger partial charge in [0.2, 0.25) is 5.91 Å². The van der Waals surface area contributed by atoms with Crippen LogP contribution in [0.25, 0.3) is 0 Å². The Bertz CT molecular complexity index is 1090. The van der Waals surface area contributed by atoms with E-state index in [1.807, 2.05) is 0 Å². The number of carboxylic acid groups (broad SMARTS) is 1. The number of pyridine rings is 1. The second kappa shape index (κ2) is 11.8. The number of aliphatic carboxylic acids is 1. The standard InChI is InChI=1S/C21H22BrClN6O5/c22-13-1-11(2-14(23)4-13)17(5-19(32)33)29-18(31)10-25-20(34)12-3-15(7-24-6-12)28-21-26-8-16(30)9-27-21/h1-4,6-7,16-17,30H,5,8-10H2,(H,25,34)(H,29,31)(H,32,33)(H2,26,27,28)/t17-/m0/s1. The molecule has 2 heterocycles. The van der Waals surface area contributed by atoms with Crippen LogP contribution in [0.5, 0.6) is 0 Å². The van der Waals surface area contributed by atoms with Crippen molar-refractivity contribution >= 4 is 57.0 Å². The zero-order valence-corrected chi connectivity index (χ0v) is 20.1. The molecule has 0 spiro atoms. The number of aliphatic hydroxyl groups is 1. The van der Waals surface area contributed by atoms with Crippen molar-refractivity contribution in [3.05, 3.63) is 57.3 Å². The molecule has 0 saturated heterocycles. The second-order valence-electron chi connectivity index (χ2n) is 7.41. The van der Waals surface area contributed by atoms with Crippen LogP contribution in [0.4, 0.5) is 5.69 Å². The quantitative estimate of drug-likeness (QED) is 0.285. The number of benzene rings is 1. The summed E-state index contributed by atoms with van der Waals surface area (Å²) < 4.78 is 0.638. The molecule has 1 aromatic heterocycles. The first-order valence-corrected chi connectivity index (χ1v) is 11.3. The molecule has 13 heteroatoms. The summed E-state index contributed by atoms with van der Waals surface area (Å²) in [5.41, 5.74) is 1.21. The van der Waals surface area contributed by atoms with Crippen LogP contribution in [0.2, 0.25) is 5.02 Å². The van der Waals surface area contributed by atoms with Gasteiger partial charge in [0.25, 0.3) is 5.91 Å². The normalized spacial score (nSPS) is 16.0. The number of nitrogens with zero attached hydrogens (tertiary/aromatic N) is 2. The van der Waals surface area contributed by atoms with Crippen molar-refractivity contribution in [2.45, 2.75) is 18.6 Å². The number of anilines is 1. The highest BCUT2D eigenvalue weighted by atomic mass is 79.9. The fourth-order valence-electron chi connectivity index (χ4n) is 3.10. The summed E-state index contributed by atoms with van der Waals surface area (Å²) in [4.78, 5) is 44.4. The van der Waals surface area contributed by atoms with Gasteiger partial charge in [-0.1, -0.05) is 27.5 Å². The number of carbonyl (C=O) groups excluding carboxylic acids is 2. The third-order valence-corrected chi connectivity index (χ3v) is 5.32. The average Bonchev–Trinajstić information content (AvgIpc) is 2.78. The van der Waals surface area contributed by atoms with E-state index in [-0.39, 0.29) is 25.1 Å². The number of carbonyl (C=O) groups is 3. The van der Waals surface area contributed by atoms with Crippen LogP contribution in [0, 0.1) is 0 Å². The maximum Gasteiger partial charge on any atom is 0.305 e. The van der Waals surface area contributed by atoms with Crippen molar-refractivity contribution in [3.63, 3.8) is 0 Å². The number of rotatable bonds is 8. The lowest BCUT2D eigenvalue weighted by Gasteiger charge is -2.20. The zero-order valence-electron chi connectivity index (χ0n) is 17.7. The third kappa shape index (κ3) is 7.68. The highest BCUT2D eigenvalue weighted by molar-refractivity contribution is 9.10. The van der Waals surface area contributed by atoms with Crippen LogP contribution in [0.3, 0.4) is 0 Å². The maximum atomic E-state index is 12.5. The monoisotopic (exact) mass is 552 g/mol. The number of hydrogen-bond donors (Lipinski definition) is 6. The van der Waals surface area contributed by atoms with E-state index in [0.29, 0.717) is 33.3 Å². The van der Waals surface area contributed by atoms with Gasteiger partial charge in [-0.15, -0.1) is 0 Å². The fraction of sp³-hybridized carbons (Fsp3) is 0.286. The van der Waals surface area contributed by atoms with Gasteiger partial charge in [-0.05, 0) is 29.8 Å². The predicted molar refractivity (Wildman–Crippen MR) is 129 cm³/mol. The number of carboxylic acids is 1. The number of halogens is 2. The summed E-state index contributed by atoms with van der Waals surface area (Å²) >= 11 is 9.33. The molecule has 1 aliphatic rings. The second-order valence-corrected chi connectivity index (χ2v) is 8.77. The Morgan fingerprint density at radius 3 is 2.71 bits per heavy atom. The van der Waals surface area contributed by atoms with E-state index < -0.39 is 29.9 Å². The Kier molecular flexibility index (Phi) is 8.79. The van der Waals surface area contributed by atoms with Crippen molar-refractivity contribution in [3.8, 4) is 0 Å². The number of aromatic nitrogens is 1. The highest BCUT2D eigenvalue weighted by Gasteiger charge is 2.20. The van der Waals surface area contributed by atoms with E-state index in [9.17, 15) is 24.6 Å². The van der Waals surface area contributed by atoms with Crippen LogP contribution >= 0.6 is 27.5 Å². The third-order valence-electron chi connectivity index (χ3n) is 4.64. The van der Waals surface area contributed by atoms with Crippen LogP contribution in [-0.4, -0.2) is 64.7 Å². The molecule has 180 valence electrons. The first-order chi connectivity index (χ1) is 16.2. The molecule has 0 aliphatic carbocycles. The van der Waals surface area contributed by atoms with Crippen LogP contribution in [0.1, 0.15) is 28.4 Å². The fourth-order valence-corrected chi connectivity index (χ4v) is 3.98. The van der Waals surface area contributed by atoms with Crippen molar-refractivity contribution in [2.24, 2.45) is 4.99 Å². The highest BCUT2D eigenvalue weighted by Crippen LogP contribution is 2.25. The Hall–Kier alpha value is -3.22. The number of aliphatic imine (C=N–C) groups is 1. The topological polar surface area (TPSA) is 165 Å². The predicted octanol–water partition coefficient (Wildman–Crippen LogP) is 1.29. The largest absolute Gasteiger partial charge is 0.481 e. The molecular formula is C21H22BrClN6O5. The molecule has 11 nitrogen and oxygen atoms in total. The Balaban J connectivity index is 1.59. The van der Waals surface area contributed by atoms with Gasteiger partial charge in [-0.2, -0.15) is 0 Å². The summed E-state index contributed by atoms with van der Waals surface area (Å²) in [5.74, 6) is -1.77. The number of amides is 2. The van der Waals surface area contributed by atoms with Crippen molar-refractivity contribution in [2.75, 3.05) is 25.0 Å².